The van der Waals surface area contributed by atoms with Crippen molar-refractivity contribution in [1.82, 2.24) is 0 Å². The summed E-state index contributed by atoms with van der Waals surface area (Å²) in [5.74, 6) is 0.256. The third-order valence-electron chi connectivity index (χ3n) is 4.55. The molecule has 1 heterocycles. The highest BCUT2D eigenvalue weighted by Crippen LogP contribution is 2.32. The van der Waals surface area contributed by atoms with Crippen LogP contribution in [0.3, 0.4) is 0 Å². The average molecular weight is 312 g/mol. The van der Waals surface area contributed by atoms with Gasteiger partial charge in [0.05, 0.1) is 11.0 Å². The molecule has 0 amide bonds. The minimum Gasteiger partial charge on any atom is -0.388 e. The van der Waals surface area contributed by atoms with Crippen LogP contribution in [-0.4, -0.2) is 23.1 Å². The van der Waals surface area contributed by atoms with Crippen molar-refractivity contribution >= 4 is 11.4 Å². The molecule has 0 bridgehead atoms. The molecule has 0 saturated carbocycles. The van der Waals surface area contributed by atoms with Crippen LogP contribution in [0.4, 0.5) is 11.4 Å². The van der Waals surface area contributed by atoms with Crippen LogP contribution < -0.4 is 4.90 Å². The van der Waals surface area contributed by atoms with E-state index < -0.39 is 6.10 Å². The first-order valence-electron chi connectivity index (χ1n) is 7.87. The molecule has 120 valence electrons. The zero-order valence-corrected chi connectivity index (χ0v) is 12.8. The van der Waals surface area contributed by atoms with Crippen molar-refractivity contribution in [2.75, 3.05) is 18.0 Å². The van der Waals surface area contributed by atoms with Gasteiger partial charge in [0, 0.05) is 30.9 Å². The van der Waals surface area contributed by atoms with E-state index in [0.717, 1.165) is 37.2 Å². The first-order chi connectivity index (χ1) is 11.1. The molecular weight excluding hydrogens is 292 g/mol. The topological polar surface area (TPSA) is 66.6 Å². The Bertz CT molecular complexity index is 650. The predicted octanol–water partition coefficient (Wildman–Crippen LogP) is 3.54. The zero-order valence-electron chi connectivity index (χ0n) is 12.8. The van der Waals surface area contributed by atoms with E-state index in [2.05, 4.69) is 4.90 Å². The number of anilines is 1. The Labute approximate surface area is 135 Å². The van der Waals surface area contributed by atoms with Gasteiger partial charge in [0.15, 0.2) is 0 Å². The summed E-state index contributed by atoms with van der Waals surface area (Å²) in [6.07, 6.45) is 1.40. The molecule has 1 aliphatic rings. The molecule has 1 atom stereocenters. The van der Waals surface area contributed by atoms with Gasteiger partial charge in [-0.05, 0) is 36.5 Å². The fourth-order valence-electron chi connectivity index (χ4n) is 3.18. The van der Waals surface area contributed by atoms with Crippen molar-refractivity contribution in [2.45, 2.75) is 18.9 Å². The molecule has 2 aromatic carbocycles. The van der Waals surface area contributed by atoms with Crippen LogP contribution in [0.15, 0.2) is 54.6 Å². The van der Waals surface area contributed by atoms with Crippen molar-refractivity contribution in [2.24, 2.45) is 5.92 Å². The molecule has 2 aromatic rings. The second-order valence-electron chi connectivity index (χ2n) is 5.95. The van der Waals surface area contributed by atoms with Gasteiger partial charge in [-0.1, -0.05) is 30.3 Å². The number of aliphatic hydroxyl groups is 1. The summed E-state index contributed by atoms with van der Waals surface area (Å²) >= 11 is 0. The van der Waals surface area contributed by atoms with E-state index in [-0.39, 0.29) is 16.5 Å². The molecule has 0 spiro atoms. The number of hydrogen-bond donors (Lipinski definition) is 1. The highest BCUT2D eigenvalue weighted by atomic mass is 16.6. The minimum absolute atomic E-state index is 0.114. The number of rotatable bonds is 4. The lowest BCUT2D eigenvalue weighted by Gasteiger charge is -2.35. The quantitative estimate of drug-likeness (QED) is 0.692. The number of nitrogens with zero attached hydrogens (tertiary/aromatic N) is 2. The standard InChI is InChI=1S/C18H20N2O3/c21-18(14-4-2-1-3-5-14)15-10-12-19(13-11-15)16-6-8-17(9-7-16)20(22)23/h1-9,15,18,21H,10-13H2. The normalized spacial score (nSPS) is 17.0. The van der Waals surface area contributed by atoms with Crippen molar-refractivity contribution in [3.05, 3.63) is 70.3 Å². The lowest BCUT2D eigenvalue weighted by atomic mass is 9.87. The molecule has 3 rings (SSSR count). The van der Waals surface area contributed by atoms with E-state index in [0.29, 0.717) is 0 Å². The van der Waals surface area contributed by atoms with Crippen LogP contribution in [-0.2, 0) is 0 Å². The second kappa shape index (κ2) is 6.79. The van der Waals surface area contributed by atoms with Crippen molar-refractivity contribution < 1.29 is 10.0 Å². The average Bonchev–Trinajstić information content (AvgIpc) is 2.62. The third kappa shape index (κ3) is 3.51. The third-order valence-corrected chi connectivity index (χ3v) is 4.55. The maximum absolute atomic E-state index is 10.7. The Morgan fingerprint density at radius 1 is 1.04 bits per heavy atom. The lowest BCUT2D eigenvalue weighted by molar-refractivity contribution is -0.384. The first kappa shape index (κ1) is 15.5. The Hall–Kier alpha value is -2.40. The van der Waals surface area contributed by atoms with E-state index in [1.165, 1.54) is 0 Å². The molecule has 0 aromatic heterocycles. The van der Waals surface area contributed by atoms with E-state index in [9.17, 15) is 15.2 Å². The van der Waals surface area contributed by atoms with Gasteiger partial charge < -0.3 is 10.0 Å². The molecule has 5 heteroatoms. The van der Waals surface area contributed by atoms with Crippen LogP contribution in [0.2, 0.25) is 0 Å². The van der Waals surface area contributed by atoms with Gasteiger partial charge in [-0.25, -0.2) is 0 Å². The minimum atomic E-state index is -0.421. The fraction of sp³-hybridized carbons (Fsp3) is 0.333. The van der Waals surface area contributed by atoms with Gasteiger partial charge in [0.1, 0.15) is 0 Å². The van der Waals surface area contributed by atoms with Gasteiger partial charge in [-0.15, -0.1) is 0 Å². The van der Waals surface area contributed by atoms with Gasteiger partial charge >= 0.3 is 0 Å². The van der Waals surface area contributed by atoms with Crippen LogP contribution in [0, 0.1) is 16.0 Å². The number of nitro groups is 1. The molecule has 1 unspecified atom stereocenters. The monoisotopic (exact) mass is 312 g/mol. The Morgan fingerprint density at radius 2 is 1.65 bits per heavy atom. The highest BCUT2D eigenvalue weighted by molar-refractivity contribution is 5.51. The van der Waals surface area contributed by atoms with Gasteiger partial charge in [-0.3, -0.25) is 10.1 Å². The molecule has 1 saturated heterocycles. The smallest absolute Gasteiger partial charge is 0.269 e. The summed E-state index contributed by atoms with van der Waals surface area (Å²) in [7, 11) is 0. The molecule has 1 N–H and O–H groups in total. The number of benzene rings is 2. The van der Waals surface area contributed by atoms with Crippen LogP contribution in [0.1, 0.15) is 24.5 Å². The second-order valence-corrected chi connectivity index (χ2v) is 5.95. The molecule has 0 radical (unpaired) electrons. The molecule has 23 heavy (non-hydrogen) atoms. The largest absolute Gasteiger partial charge is 0.388 e. The fourth-order valence-corrected chi connectivity index (χ4v) is 3.18. The first-order valence-corrected chi connectivity index (χ1v) is 7.87. The summed E-state index contributed by atoms with van der Waals surface area (Å²) in [6, 6.07) is 16.5. The maximum Gasteiger partial charge on any atom is 0.269 e. The van der Waals surface area contributed by atoms with Crippen molar-refractivity contribution in [3.8, 4) is 0 Å². The van der Waals surface area contributed by atoms with Crippen LogP contribution in [0.25, 0.3) is 0 Å². The zero-order chi connectivity index (χ0) is 16.2. The maximum atomic E-state index is 10.7. The summed E-state index contributed by atoms with van der Waals surface area (Å²) < 4.78 is 0. The SMILES string of the molecule is O=[N+]([O-])c1ccc(N2CCC(C(O)c3ccccc3)CC2)cc1. The Balaban J connectivity index is 1.61. The molecule has 1 aliphatic heterocycles. The molecule has 5 nitrogen and oxygen atoms in total. The van der Waals surface area contributed by atoms with E-state index in [4.69, 9.17) is 0 Å². The number of nitro benzene ring substituents is 1. The Kier molecular flexibility index (Phi) is 4.57. The number of piperidine rings is 1. The number of hydrogen-bond acceptors (Lipinski definition) is 4. The summed E-state index contributed by atoms with van der Waals surface area (Å²) in [5, 5.41) is 21.2. The predicted molar refractivity (Wildman–Crippen MR) is 89.4 cm³/mol. The highest BCUT2D eigenvalue weighted by Gasteiger charge is 2.26. The summed E-state index contributed by atoms with van der Waals surface area (Å²) in [5.41, 5.74) is 2.09. The molecule has 1 fully saturated rings. The van der Waals surface area contributed by atoms with Crippen molar-refractivity contribution in [3.63, 3.8) is 0 Å². The number of aliphatic hydroxyl groups excluding tert-OH is 1. The van der Waals surface area contributed by atoms with Crippen molar-refractivity contribution in [1.29, 1.82) is 0 Å². The lowest BCUT2D eigenvalue weighted by Crippen LogP contribution is -2.35. The van der Waals surface area contributed by atoms with E-state index in [1.54, 1.807) is 24.3 Å². The number of non-ortho nitro benzene ring substituents is 1. The van der Waals surface area contributed by atoms with E-state index >= 15 is 0 Å². The molecular formula is C18H20N2O3. The van der Waals surface area contributed by atoms with Gasteiger partial charge in [0.2, 0.25) is 0 Å². The van der Waals surface area contributed by atoms with Crippen LogP contribution in [0.5, 0.6) is 0 Å². The summed E-state index contributed by atoms with van der Waals surface area (Å²) in [4.78, 5) is 12.5. The van der Waals surface area contributed by atoms with Gasteiger partial charge in [0.25, 0.3) is 5.69 Å². The molecule has 0 aliphatic carbocycles. The van der Waals surface area contributed by atoms with Crippen LogP contribution >= 0.6 is 0 Å². The van der Waals surface area contributed by atoms with E-state index in [1.807, 2.05) is 30.3 Å². The Morgan fingerprint density at radius 3 is 2.22 bits per heavy atom. The summed E-state index contributed by atoms with van der Waals surface area (Å²) in [6.45, 7) is 1.71. The van der Waals surface area contributed by atoms with Gasteiger partial charge in [-0.2, -0.15) is 0 Å².